The highest BCUT2D eigenvalue weighted by Crippen LogP contribution is 2.23. The summed E-state index contributed by atoms with van der Waals surface area (Å²) in [6.45, 7) is 1.92. The molecule has 162 valence electrons. The molecule has 0 saturated carbocycles. The van der Waals surface area contributed by atoms with Gasteiger partial charge in [-0.15, -0.1) is 0 Å². The summed E-state index contributed by atoms with van der Waals surface area (Å²) in [5.74, 6) is 1.04. The van der Waals surface area contributed by atoms with E-state index in [4.69, 9.17) is 9.47 Å². The van der Waals surface area contributed by atoms with Gasteiger partial charge in [-0.3, -0.25) is 9.59 Å². The van der Waals surface area contributed by atoms with Gasteiger partial charge in [-0.1, -0.05) is 36.4 Å². The van der Waals surface area contributed by atoms with E-state index in [9.17, 15) is 9.59 Å². The molecule has 0 aliphatic carbocycles. The van der Waals surface area contributed by atoms with E-state index >= 15 is 0 Å². The number of aryl methyl sites for hydroxylation is 1. The van der Waals surface area contributed by atoms with Crippen LogP contribution in [0.4, 0.5) is 5.69 Å². The first-order valence-electron chi connectivity index (χ1n) is 10.3. The molecule has 0 atom stereocenters. The molecule has 0 radical (unpaired) electrons. The number of aromatic amines is 1. The Kier molecular flexibility index (Phi) is 6.22. The first-order chi connectivity index (χ1) is 15.5. The van der Waals surface area contributed by atoms with Gasteiger partial charge in [-0.2, -0.15) is 0 Å². The number of amides is 1. The van der Waals surface area contributed by atoms with Crippen LogP contribution in [-0.4, -0.2) is 24.6 Å². The van der Waals surface area contributed by atoms with E-state index < -0.39 is 0 Å². The fourth-order valence-electron chi connectivity index (χ4n) is 3.55. The fraction of sp³-hybridized carbons (Fsp3) is 0.154. The van der Waals surface area contributed by atoms with Crippen LogP contribution >= 0.6 is 0 Å². The predicted octanol–water partition coefficient (Wildman–Crippen LogP) is 4.46. The number of carbonyl (C=O) groups excluding carboxylic acids is 1. The minimum atomic E-state index is -0.249. The molecule has 0 fully saturated rings. The second kappa shape index (κ2) is 9.39. The molecule has 32 heavy (non-hydrogen) atoms. The summed E-state index contributed by atoms with van der Waals surface area (Å²) in [6, 6.07) is 24.1. The molecule has 1 amide bonds. The summed E-state index contributed by atoms with van der Waals surface area (Å²) >= 11 is 0. The normalized spacial score (nSPS) is 10.7. The summed E-state index contributed by atoms with van der Waals surface area (Å²) in [7, 11) is 1.58. The van der Waals surface area contributed by atoms with Gasteiger partial charge in [-0.05, 0) is 54.3 Å². The summed E-state index contributed by atoms with van der Waals surface area (Å²) in [5, 5.41) is 0.859. The maximum atomic E-state index is 13.2. The molecule has 0 saturated heterocycles. The van der Waals surface area contributed by atoms with Crippen molar-refractivity contribution in [3.05, 3.63) is 100 Å². The number of carbonyl (C=O) groups is 1. The van der Waals surface area contributed by atoms with Gasteiger partial charge in [0.2, 0.25) is 0 Å². The summed E-state index contributed by atoms with van der Waals surface area (Å²) in [4.78, 5) is 30.5. The summed E-state index contributed by atoms with van der Waals surface area (Å²) in [5.41, 5.74) is 2.59. The van der Waals surface area contributed by atoms with Gasteiger partial charge in [0.25, 0.3) is 11.5 Å². The third kappa shape index (κ3) is 4.64. The van der Waals surface area contributed by atoms with Crippen LogP contribution in [0.1, 0.15) is 11.1 Å². The molecule has 4 aromatic rings. The Morgan fingerprint density at radius 3 is 2.44 bits per heavy atom. The van der Waals surface area contributed by atoms with Crippen LogP contribution < -0.4 is 19.9 Å². The van der Waals surface area contributed by atoms with Crippen molar-refractivity contribution >= 4 is 22.5 Å². The molecule has 3 aromatic carbocycles. The van der Waals surface area contributed by atoms with Gasteiger partial charge in [-0.25, -0.2) is 0 Å². The van der Waals surface area contributed by atoms with E-state index in [1.54, 1.807) is 30.2 Å². The number of nitrogens with zero attached hydrogens (tertiary/aromatic N) is 1. The average molecular weight is 428 g/mol. The summed E-state index contributed by atoms with van der Waals surface area (Å²) < 4.78 is 10.9. The molecular weight excluding hydrogens is 404 g/mol. The fourth-order valence-corrected chi connectivity index (χ4v) is 3.55. The third-order valence-corrected chi connectivity index (χ3v) is 5.27. The molecule has 6 heteroatoms. The number of anilines is 1. The maximum Gasteiger partial charge on any atom is 0.265 e. The molecule has 1 N–H and O–H groups in total. The van der Waals surface area contributed by atoms with Crippen LogP contribution in [0.25, 0.3) is 10.9 Å². The molecule has 6 nitrogen and oxygen atoms in total. The minimum absolute atomic E-state index is 0.124. The zero-order valence-corrected chi connectivity index (χ0v) is 18.0. The van der Waals surface area contributed by atoms with Gasteiger partial charge in [0.05, 0.1) is 19.2 Å². The highest BCUT2D eigenvalue weighted by molar-refractivity contribution is 5.95. The van der Waals surface area contributed by atoms with Crippen molar-refractivity contribution < 1.29 is 14.3 Å². The van der Waals surface area contributed by atoms with Crippen LogP contribution in [0.3, 0.4) is 0 Å². The van der Waals surface area contributed by atoms with E-state index in [0.29, 0.717) is 22.6 Å². The second-order valence-corrected chi connectivity index (χ2v) is 7.44. The number of hydrogen-bond donors (Lipinski definition) is 1. The Morgan fingerprint density at radius 1 is 0.938 bits per heavy atom. The number of aromatic nitrogens is 1. The van der Waals surface area contributed by atoms with E-state index in [-0.39, 0.29) is 24.6 Å². The first-order valence-corrected chi connectivity index (χ1v) is 10.3. The average Bonchev–Trinajstić information content (AvgIpc) is 2.82. The lowest BCUT2D eigenvalue weighted by atomic mass is 10.1. The van der Waals surface area contributed by atoms with Crippen LogP contribution in [0.2, 0.25) is 0 Å². The molecule has 1 aromatic heterocycles. The van der Waals surface area contributed by atoms with Crippen LogP contribution in [-0.2, 0) is 11.3 Å². The van der Waals surface area contributed by atoms with Crippen LogP contribution in [0, 0.1) is 6.92 Å². The zero-order chi connectivity index (χ0) is 22.5. The molecular formula is C26H24N2O4. The third-order valence-electron chi connectivity index (χ3n) is 5.27. The van der Waals surface area contributed by atoms with Crippen molar-refractivity contribution in [2.24, 2.45) is 0 Å². The monoisotopic (exact) mass is 428 g/mol. The Balaban J connectivity index is 1.66. The predicted molar refractivity (Wildman–Crippen MR) is 125 cm³/mol. The lowest BCUT2D eigenvalue weighted by molar-refractivity contribution is -0.120. The van der Waals surface area contributed by atoms with Gasteiger partial charge in [0.15, 0.2) is 6.61 Å². The number of para-hydroxylation sites is 2. The number of pyridine rings is 1. The molecule has 0 bridgehead atoms. The van der Waals surface area contributed by atoms with E-state index in [1.807, 2.05) is 67.6 Å². The smallest absolute Gasteiger partial charge is 0.265 e. The summed E-state index contributed by atoms with van der Waals surface area (Å²) in [6.07, 6.45) is 0. The Hall–Kier alpha value is -4.06. The van der Waals surface area contributed by atoms with Crippen molar-refractivity contribution in [2.45, 2.75) is 13.5 Å². The second-order valence-electron chi connectivity index (χ2n) is 7.44. The SMILES string of the molecule is COc1ccc2cc(CN(C(=O)COc3ccccc3)c3ccccc3C)c(=O)[nH]c2c1. The number of hydrogen-bond acceptors (Lipinski definition) is 4. The number of ether oxygens (including phenoxy) is 2. The van der Waals surface area contributed by atoms with Crippen molar-refractivity contribution in [3.8, 4) is 11.5 Å². The Labute approximate surface area is 186 Å². The van der Waals surface area contributed by atoms with Crippen LogP contribution in [0.15, 0.2) is 83.7 Å². The van der Waals surface area contributed by atoms with Gasteiger partial charge in [0.1, 0.15) is 11.5 Å². The molecule has 4 rings (SSSR count). The molecule has 0 unspecified atom stereocenters. The number of benzene rings is 3. The number of H-pyrrole nitrogens is 1. The quantitative estimate of drug-likeness (QED) is 0.472. The maximum absolute atomic E-state index is 13.2. The number of fused-ring (bicyclic) bond motifs is 1. The van der Waals surface area contributed by atoms with Gasteiger partial charge >= 0.3 is 0 Å². The Bertz CT molecular complexity index is 1300. The molecule has 1 heterocycles. The highest BCUT2D eigenvalue weighted by Gasteiger charge is 2.20. The van der Waals surface area contributed by atoms with Gasteiger partial charge < -0.3 is 19.4 Å². The number of methoxy groups -OCH3 is 1. The standard InChI is InChI=1S/C26H24N2O4/c1-18-8-6-7-11-24(18)28(25(29)17-32-21-9-4-3-5-10-21)16-20-14-19-12-13-22(31-2)15-23(19)27-26(20)30/h3-15H,16-17H2,1-2H3,(H,27,30). The molecule has 0 spiro atoms. The first kappa shape index (κ1) is 21.2. The minimum Gasteiger partial charge on any atom is -0.497 e. The van der Waals surface area contributed by atoms with Crippen molar-refractivity contribution in [1.82, 2.24) is 4.98 Å². The van der Waals surface area contributed by atoms with Crippen LogP contribution in [0.5, 0.6) is 11.5 Å². The van der Waals surface area contributed by atoms with E-state index in [1.165, 1.54) is 0 Å². The lowest BCUT2D eigenvalue weighted by Crippen LogP contribution is -2.36. The van der Waals surface area contributed by atoms with Crippen molar-refractivity contribution in [3.63, 3.8) is 0 Å². The molecule has 0 aliphatic heterocycles. The van der Waals surface area contributed by atoms with E-state index in [2.05, 4.69) is 4.98 Å². The van der Waals surface area contributed by atoms with Crippen molar-refractivity contribution in [2.75, 3.05) is 18.6 Å². The van der Waals surface area contributed by atoms with E-state index in [0.717, 1.165) is 16.6 Å². The van der Waals surface area contributed by atoms with Gasteiger partial charge in [0, 0.05) is 17.3 Å². The largest absolute Gasteiger partial charge is 0.497 e. The molecule has 0 aliphatic rings. The number of rotatable bonds is 7. The zero-order valence-electron chi connectivity index (χ0n) is 18.0. The highest BCUT2D eigenvalue weighted by atomic mass is 16.5. The topological polar surface area (TPSA) is 71.6 Å². The Morgan fingerprint density at radius 2 is 1.69 bits per heavy atom. The lowest BCUT2D eigenvalue weighted by Gasteiger charge is -2.24. The number of nitrogens with one attached hydrogen (secondary N) is 1. The van der Waals surface area contributed by atoms with Crippen molar-refractivity contribution in [1.29, 1.82) is 0 Å².